The van der Waals surface area contributed by atoms with Crippen molar-refractivity contribution in [1.29, 1.82) is 0 Å². The fourth-order valence-electron chi connectivity index (χ4n) is 5.86. The fourth-order valence-corrected chi connectivity index (χ4v) is 5.86. The van der Waals surface area contributed by atoms with Gasteiger partial charge < -0.3 is 29.6 Å². The highest BCUT2D eigenvalue weighted by molar-refractivity contribution is 5.94. The van der Waals surface area contributed by atoms with Crippen LogP contribution < -0.4 is 0 Å². The summed E-state index contributed by atoms with van der Waals surface area (Å²) in [6.45, 7) is 4.23. The molecule has 0 bridgehead atoms. The molecule has 10 heteroatoms. The monoisotopic (exact) mass is 716 g/mol. The third-order valence-corrected chi connectivity index (χ3v) is 8.54. The van der Waals surface area contributed by atoms with Crippen LogP contribution in [0, 0.1) is 13.8 Å². The number of aromatic nitrogens is 4. The second-order valence-electron chi connectivity index (χ2n) is 12.3. The molecule has 0 aliphatic heterocycles. The van der Waals surface area contributed by atoms with Crippen molar-refractivity contribution in [2.75, 3.05) is 0 Å². The summed E-state index contributed by atoms with van der Waals surface area (Å²) in [5.74, 6) is -2.62. The normalized spacial score (nSPS) is 10.5. The first-order valence-electron chi connectivity index (χ1n) is 16.9. The minimum atomic E-state index is -1.11. The highest BCUT2D eigenvalue weighted by Gasteiger charge is 2.21. The zero-order valence-electron chi connectivity index (χ0n) is 29.4. The molecule has 0 aliphatic carbocycles. The molecule has 4 heterocycles. The molecule has 4 aromatic carbocycles. The second kappa shape index (κ2) is 16.3. The second-order valence-corrected chi connectivity index (χ2v) is 12.3. The quantitative estimate of drug-likeness (QED) is 0.133. The van der Waals surface area contributed by atoms with E-state index in [1.54, 1.807) is 24.3 Å². The van der Waals surface area contributed by atoms with Crippen molar-refractivity contribution in [3.8, 4) is 45.4 Å². The van der Waals surface area contributed by atoms with Crippen molar-refractivity contribution in [1.82, 2.24) is 19.1 Å². The Labute approximate surface area is 311 Å². The Morgan fingerprint density at radius 2 is 0.870 bits per heavy atom. The van der Waals surface area contributed by atoms with Crippen LogP contribution in [0.2, 0.25) is 0 Å². The van der Waals surface area contributed by atoms with Crippen LogP contribution in [-0.2, 0) is 0 Å². The van der Waals surface area contributed by atoms with Crippen LogP contribution in [0.5, 0.6) is 11.5 Å². The Bertz CT molecular complexity index is 2350. The Kier molecular flexibility index (Phi) is 10.9. The molecule has 0 radical (unpaired) electrons. The summed E-state index contributed by atoms with van der Waals surface area (Å²) in [6, 6.07) is 41.7. The molecule has 0 saturated carbocycles. The van der Waals surface area contributed by atoms with Gasteiger partial charge in [-0.25, -0.2) is 9.59 Å². The molecule has 54 heavy (non-hydrogen) atoms. The molecule has 8 rings (SSSR count). The van der Waals surface area contributed by atoms with Crippen molar-refractivity contribution < 1.29 is 30.0 Å². The molecule has 268 valence electrons. The van der Waals surface area contributed by atoms with Gasteiger partial charge in [0.25, 0.3) is 0 Å². The molecule has 0 spiro atoms. The minimum absolute atomic E-state index is 0.0671. The van der Waals surface area contributed by atoms with Crippen LogP contribution in [-0.4, -0.2) is 51.5 Å². The van der Waals surface area contributed by atoms with Gasteiger partial charge in [0.2, 0.25) is 0 Å². The molecular weight excluding hydrogens is 681 g/mol. The summed E-state index contributed by atoms with van der Waals surface area (Å²) < 4.78 is 4.66. The van der Waals surface area contributed by atoms with E-state index in [0.29, 0.717) is 0 Å². The van der Waals surface area contributed by atoms with E-state index in [9.17, 15) is 9.59 Å². The molecular formula is C44H36N4O6. The Morgan fingerprint density at radius 3 is 1.17 bits per heavy atom. The van der Waals surface area contributed by atoms with Crippen molar-refractivity contribution in [2.45, 2.75) is 13.8 Å². The Hall–Kier alpha value is -7.46. The summed E-state index contributed by atoms with van der Waals surface area (Å²) in [5, 5.41) is 34.6. The van der Waals surface area contributed by atoms with Crippen LogP contribution >= 0.6 is 0 Å². The van der Waals surface area contributed by atoms with Crippen LogP contribution in [0.1, 0.15) is 31.8 Å². The van der Waals surface area contributed by atoms with Crippen LogP contribution in [0.25, 0.3) is 44.9 Å². The van der Waals surface area contributed by atoms with Gasteiger partial charge in [-0.2, -0.15) is 0 Å². The lowest BCUT2D eigenvalue weighted by atomic mass is 10.1. The molecule has 8 aromatic rings. The highest BCUT2D eigenvalue weighted by atomic mass is 16.4. The smallest absolute Gasteiger partial charge is 0.339 e. The van der Waals surface area contributed by atoms with Crippen LogP contribution in [0.4, 0.5) is 0 Å². The maximum absolute atomic E-state index is 10.3. The summed E-state index contributed by atoms with van der Waals surface area (Å²) in [5.41, 5.74) is 11.3. The number of fused-ring (bicyclic) bond motifs is 1. The lowest BCUT2D eigenvalue weighted by Crippen LogP contribution is -1.97. The molecule has 0 fully saturated rings. The minimum Gasteiger partial charge on any atom is -0.507 e. The van der Waals surface area contributed by atoms with Gasteiger partial charge in [-0.1, -0.05) is 59.7 Å². The predicted octanol–water partition coefficient (Wildman–Crippen LogP) is 9.34. The van der Waals surface area contributed by atoms with Crippen molar-refractivity contribution >= 4 is 23.0 Å². The first-order valence-corrected chi connectivity index (χ1v) is 16.9. The number of carboxylic acid groups (broad SMARTS) is 2. The molecule has 0 atom stereocenters. The molecule has 4 N–H and O–H groups in total. The maximum Gasteiger partial charge on any atom is 0.339 e. The van der Waals surface area contributed by atoms with E-state index in [1.165, 1.54) is 35.4 Å². The van der Waals surface area contributed by atoms with Crippen LogP contribution in [0.3, 0.4) is 0 Å². The average Bonchev–Trinajstić information content (AvgIpc) is 3.74. The number of benzene rings is 4. The molecule has 10 nitrogen and oxygen atoms in total. The number of carbonyl (C=O) groups is 2. The number of pyridine rings is 2. The van der Waals surface area contributed by atoms with E-state index in [1.807, 2.05) is 36.9 Å². The van der Waals surface area contributed by atoms with E-state index in [2.05, 4.69) is 106 Å². The fraction of sp³-hybridized carbons (Fsp3) is 0.0455. The van der Waals surface area contributed by atoms with Gasteiger partial charge in [0.05, 0.1) is 22.4 Å². The third-order valence-electron chi connectivity index (χ3n) is 8.54. The Balaban J connectivity index is 0.000000203. The third kappa shape index (κ3) is 8.03. The number of aromatic hydroxyl groups is 2. The number of aryl methyl sites for hydroxylation is 2. The first kappa shape index (κ1) is 36.3. The number of nitrogens with zero attached hydrogens (tertiary/aromatic N) is 4. The van der Waals surface area contributed by atoms with Crippen molar-refractivity contribution in [3.63, 3.8) is 0 Å². The van der Waals surface area contributed by atoms with Crippen molar-refractivity contribution in [3.05, 3.63) is 181 Å². The molecule has 4 aromatic heterocycles. The standard InChI is InChI=1S/C30H24N4.2C7H6O3/c1-21-7-11-25(12-8-21)33-27(23-5-3-15-31-19-23)17-30-29(33)18-28(24-6-4-16-32-20-24)34(30)26-13-9-22(2)10-14-26;2*8-6-4-2-1-3-5(6)7(9)10/h3-20H,1-2H3;2*1-4,8H,(H,9,10). The molecule has 0 aliphatic rings. The largest absolute Gasteiger partial charge is 0.507 e. The van der Waals surface area contributed by atoms with Gasteiger partial charge in [0, 0.05) is 47.3 Å². The Morgan fingerprint density at radius 1 is 0.500 bits per heavy atom. The van der Waals surface area contributed by atoms with Gasteiger partial charge in [-0.15, -0.1) is 0 Å². The highest BCUT2D eigenvalue weighted by Crippen LogP contribution is 2.38. The zero-order chi connectivity index (χ0) is 38.2. The lowest BCUT2D eigenvalue weighted by Gasteiger charge is -2.12. The number of carboxylic acids is 2. The maximum atomic E-state index is 10.3. The number of phenols is 2. The molecule has 0 unspecified atom stereocenters. The van der Waals surface area contributed by atoms with E-state index in [4.69, 9.17) is 20.4 Å². The van der Waals surface area contributed by atoms with Gasteiger partial charge in [0.15, 0.2) is 0 Å². The number of rotatable bonds is 6. The van der Waals surface area contributed by atoms with E-state index in [0.717, 1.165) is 44.9 Å². The topological polar surface area (TPSA) is 151 Å². The van der Waals surface area contributed by atoms with Gasteiger partial charge >= 0.3 is 11.9 Å². The number of hydrogen-bond acceptors (Lipinski definition) is 6. The summed E-state index contributed by atoms with van der Waals surface area (Å²) in [7, 11) is 0. The summed E-state index contributed by atoms with van der Waals surface area (Å²) >= 11 is 0. The average molecular weight is 717 g/mol. The summed E-state index contributed by atoms with van der Waals surface area (Å²) in [6.07, 6.45) is 7.49. The van der Waals surface area contributed by atoms with E-state index < -0.39 is 11.9 Å². The number of para-hydroxylation sites is 2. The van der Waals surface area contributed by atoms with Gasteiger partial charge in [-0.3, -0.25) is 9.97 Å². The first-order chi connectivity index (χ1) is 26.1. The van der Waals surface area contributed by atoms with Gasteiger partial charge in [0.1, 0.15) is 22.6 Å². The van der Waals surface area contributed by atoms with E-state index in [-0.39, 0.29) is 22.6 Å². The number of aromatic carboxylic acids is 2. The van der Waals surface area contributed by atoms with Crippen LogP contribution in [0.15, 0.2) is 158 Å². The summed E-state index contributed by atoms with van der Waals surface area (Å²) in [4.78, 5) is 29.3. The lowest BCUT2D eigenvalue weighted by molar-refractivity contribution is 0.0682. The SMILES string of the molecule is Cc1ccc(-n2c(-c3cccnc3)cc3c2cc(-c2cccnc2)n3-c2ccc(C)cc2)cc1.O=C(O)c1ccccc1O.O=C(O)c1ccccc1O. The van der Waals surface area contributed by atoms with Gasteiger partial charge in [-0.05, 0) is 98.8 Å². The van der Waals surface area contributed by atoms with E-state index >= 15 is 0 Å². The zero-order valence-corrected chi connectivity index (χ0v) is 29.4. The molecule has 0 saturated heterocycles. The van der Waals surface area contributed by atoms with Crippen molar-refractivity contribution in [2.24, 2.45) is 0 Å². The molecule has 0 amide bonds. The number of hydrogen-bond donors (Lipinski definition) is 4. The predicted molar refractivity (Wildman–Crippen MR) is 209 cm³/mol.